The van der Waals surface area contributed by atoms with Crippen LogP contribution in [-0.4, -0.2) is 6.85 Å². The van der Waals surface area contributed by atoms with Crippen molar-refractivity contribution in [3.05, 3.63) is 138 Å². The number of anilines is 5. The maximum Gasteiger partial charge on any atom is 0.333 e. The minimum atomic E-state index is -0.139. The summed E-state index contributed by atoms with van der Waals surface area (Å²) >= 11 is 0. The second kappa shape index (κ2) is 8.98. The topological polar surface area (TPSA) is 19.6 Å². The van der Waals surface area contributed by atoms with E-state index in [9.17, 15) is 0 Å². The molecule has 4 heterocycles. The highest BCUT2D eigenvalue weighted by molar-refractivity contribution is 6.93. The molecule has 0 saturated heterocycles. The van der Waals surface area contributed by atoms with Crippen molar-refractivity contribution in [3.63, 3.8) is 0 Å². The molecule has 3 aliphatic rings. The molecular weight excluding hydrogens is 571 g/mol. The third kappa shape index (κ3) is 3.48. The number of benzene rings is 6. The van der Waals surface area contributed by atoms with Crippen LogP contribution < -0.4 is 20.6 Å². The van der Waals surface area contributed by atoms with E-state index in [1.165, 1.54) is 67.2 Å². The zero-order valence-corrected chi connectivity index (χ0v) is 27.4. The molecular formula is C43H35BN2O. The van der Waals surface area contributed by atoms with Gasteiger partial charge in [0.15, 0.2) is 0 Å². The Labute approximate surface area is 276 Å². The van der Waals surface area contributed by atoms with Crippen LogP contribution in [0.5, 0.6) is 0 Å². The maximum atomic E-state index is 6.52. The number of para-hydroxylation sites is 3. The normalized spacial score (nSPS) is 15.4. The van der Waals surface area contributed by atoms with Gasteiger partial charge >= 0.3 is 6.85 Å². The molecule has 0 N–H and O–H groups in total. The Morgan fingerprint density at radius 1 is 0.617 bits per heavy atom. The van der Waals surface area contributed by atoms with Gasteiger partial charge in [-0.2, -0.15) is 0 Å². The van der Waals surface area contributed by atoms with Crippen LogP contribution in [0, 0.1) is 0 Å². The smallest absolute Gasteiger partial charge is 0.333 e. The Kier molecular flexibility index (Phi) is 5.15. The maximum absolute atomic E-state index is 6.52. The minimum Gasteiger partial charge on any atom is -0.456 e. The number of nitrogens with zero attached hydrogens (tertiary/aromatic N) is 2. The molecule has 47 heavy (non-hydrogen) atoms. The minimum absolute atomic E-state index is 0.0109. The third-order valence-electron chi connectivity index (χ3n) is 11.0. The zero-order chi connectivity index (χ0) is 31.8. The molecule has 7 aromatic rings. The standard InChI is InChI=1S/C43H35BN2O/c1-42(2,3)26-20-22-27(23-21-26)46-37-25-39-31(28-12-6-9-19-38(28)47-39)24-30(37)29-13-10-18-36-40(29)44(46)34-16-11-15-33-41(34)45(36)35-17-8-7-14-32(35)43(33,4)5/h6-25H,1-5H3. The van der Waals surface area contributed by atoms with Gasteiger partial charge in [0, 0.05) is 50.6 Å². The SMILES string of the molecule is CC(C)(C)c1ccc(N2B3c4cccc5c4N(c4ccccc4C5(C)C)c4cccc(c43)-c3cc4c(cc32)oc2ccccc24)cc1. The van der Waals surface area contributed by atoms with Gasteiger partial charge in [0.1, 0.15) is 11.2 Å². The fourth-order valence-corrected chi connectivity index (χ4v) is 8.67. The number of furan rings is 1. The Bertz CT molecular complexity index is 2450. The lowest BCUT2D eigenvalue weighted by Gasteiger charge is -2.50. The van der Waals surface area contributed by atoms with Crippen LogP contribution in [0.2, 0.25) is 0 Å². The molecule has 0 aliphatic carbocycles. The first-order chi connectivity index (χ1) is 22.7. The predicted octanol–water partition coefficient (Wildman–Crippen LogP) is 10.2. The van der Waals surface area contributed by atoms with E-state index < -0.39 is 0 Å². The quantitative estimate of drug-likeness (QED) is 0.173. The highest BCUT2D eigenvalue weighted by Crippen LogP contribution is 2.55. The highest BCUT2D eigenvalue weighted by Gasteiger charge is 2.49. The summed E-state index contributed by atoms with van der Waals surface area (Å²) in [6.07, 6.45) is 0. The van der Waals surface area contributed by atoms with Gasteiger partial charge in [0.05, 0.1) is 5.69 Å². The van der Waals surface area contributed by atoms with Gasteiger partial charge in [0.25, 0.3) is 0 Å². The van der Waals surface area contributed by atoms with Crippen molar-refractivity contribution in [2.24, 2.45) is 0 Å². The van der Waals surface area contributed by atoms with Crippen LogP contribution in [0.25, 0.3) is 33.1 Å². The Balaban J connectivity index is 1.33. The molecule has 10 rings (SSSR count). The summed E-state index contributed by atoms with van der Waals surface area (Å²) < 4.78 is 6.52. The van der Waals surface area contributed by atoms with Gasteiger partial charge in [-0.1, -0.05) is 113 Å². The molecule has 0 amide bonds. The Hall–Kier alpha value is -5.22. The number of rotatable bonds is 1. The van der Waals surface area contributed by atoms with Gasteiger partial charge in [0.2, 0.25) is 0 Å². The van der Waals surface area contributed by atoms with Gasteiger partial charge < -0.3 is 14.1 Å². The van der Waals surface area contributed by atoms with E-state index in [1.807, 2.05) is 0 Å². The largest absolute Gasteiger partial charge is 0.456 e. The second-order valence-electron chi connectivity index (χ2n) is 15.0. The van der Waals surface area contributed by atoms with Crippen LogP contribution in [0.1, 0.15) is 51.3 Å². The van der Waals surface area contributed by atoms with Crippen LogP contribution in [-0.2, 0) is 10.8 Å². The first-order valence-electron chi connectivity index (χ1n) is 16.7. The fourth-order valence-electron chi connectivity index (χ4n) is 8.67. The number of hydrogen-bond donors (Lipinski definition) is 0. The van der Waals surface area contributed by atoms with Crippen LogP contribution in [0.15, 0.2) is 126 Å². The van der Waals surface area contributed by atoms with Crippen molar-refractivity contribution in [2.75, 3.05) is 9.71 Å². The average molecular weight is 607 g/mol. The molecule has 4 heteroatoms. The molecule has 0 atom stereocenters. The van der Waals surface area contributed by atoms with E-state index in [-0.39, 0.29) is 17.7 Å². The third-order valence-corrected chi connectivity index (χ3v) is 11.0. The highest BCUT2D eigenvalue weighted by atomic mass is 16.3. The molecule has 0 fully saturated rings. The summed E-state index contributed by atoms with van der Waals surface area (Å²) in [6.45, 7) is 11.6. The molecule has 0 saturated carbocycles. The van der Waals surface area contributed by atoms with Gasteiger partial charge in [-0.3, -0.25) is 0 Å². The molecule has 0 spiro atoms. The van der Waals surface area contributed by atoms with Crippen LogP contribution >= 0.6 is 0 Å². The first kappa shape index (κ1) is 26.9. The Morgan fingerprint density at radius 3 is 2.17 bits per heavy atom. The molecule has 3 aliphatic heterocycles. The molecule has 1 aromatic heterocycles. The van der Waals surface area contributed by atoms with Gasteiger partial charge in [-0.15, -0.1) is 0 Å². The van der Waals surface area contributed by atoms with Crippen molar-refractivity contribution in [1.82, 2.24) is 0 Å². The van der Waals surface area contributed by atoms with E-state index in [4.69, 9.17) is 4.42 Å². The van der Waals surface area contributed by atoms with E-state index in [1.54, 1.807) is 0 Å². The average Bonchev–Trinajstić information content (AvgIpc) is 3.44. The number of fused-ring (bicyclic) bond motifs is 9. The molecule has 6 aromatic carbocycles. The predicted molar refractivity (Wildman–Crippen MR) is 198 cm³/mol. The first-order valence-corrected chi connectivity index (χ1v) is 16.7. The van der Waals surface area contributed by atoms with E-state index in [0.29, 0.717) is 0 Å². The monoisotopic (exact) mass is 606 g/mol. The van der Waals surface area contributed by atoms with E-state index >= 15 is 0 Å². The summed E-state index contributed by atoms with van der Waals surface area (Å²) in [6, 6.07) is 45.2. The van der Waals surface area contributed by atoms with Gasteiger partial charge in [-0.05, 0) is 75.0 Å². The molecule has 226 valence electrons. The van der Waals surface area contributed by atoms with Crippen LogP contribution in [0.3, 0.4) is 0 Å². The number of hydrogen-bond acceptors (Lipinski definition) is 3. The summed E-state index contributed by atoms with van der Waals surface area (Å²) in [4.78, 5) is 5.14. The van der Waals surface area contributed by atoms with Crippen LogP contribution in [0.4, 0.5) is 28.4 Å². The van der Waals surface area contributed by atoms with Crippen molar-refractivity contribution in [1.29, 1.82) is 0 Å². The molecule has 0 unspecified atom stereocenters. The van der Waals surface area contributed by atoms with E-state index in [2.05, 4.69) is 166 Å². The second-order valence-corrected chi connectivity index (χ2v) is 15.0. The molecule has 0 bridgehead atoms. The molecule has 0 radical (unpaired) electrons. The summed E-state index contributed by atoms with van der Waals surface area (Å²) in [5.74, 6) is 0. The van der Waals surface area contributed by atoms with E-state index in [0.717, 1.165) is 21.9 Å². The van der Waals surface area contributed by atoms with Gasteiger partial charge in [-0.25, -0.2) is 0 Å². The Morgan fingerprint density at radius 2 is 1.34 bits per heavy atom. The van der Waals surface area contributed by atoms with Crippen molar-refractivity contribution < 1.29 is 4.42 Å². The lowest BCUT2D eigenvalue weighted by Crippen LogP contribution is -2.62. The fraction of sp³-hybridized carbons (Fsp3) is 0.163. The lowest BCUT2D eigenvalue weighted by atomic mass is 9.42. The van der Waals surface area contributed by atoms with Crippen molar-refractivity contribution in [2.45, 2.75) is 45.4 Å². The van der Waals surface area contributed by atoms with Crippen molar-refractivity contribution in [3.8, 4) is 11.1 Å². The zero-order valence-electron chi connectivity index (χ0n) is 27.4. The summed E-state index contributed by atoms with van der Waals surface area (Å²) in [5, 5.41) is 2.31. The molecule has 3 nitrogen and oxygen atoms in total. The summed E-state index contributed by atoms with van der Waals surface area (Å²) in [5.41, 5.74) is 17.2. The van der Waals surface area contributed by atoms with Crippen molar-refractivity contribution >= 4 is 68.1 Å². The lowest BCUT2D eigenvalue weighted by molar-refractivity contribution is 0.590. The summed E-state index contributed by atoms with van der Waals surface area (Å²) in [7, 11) is 0.